The molecule has 0 aromatic heterocycles. The highest BCUT2D eigenvalue weighted by atomic mass is 16.3. The third-order valence-electron chi connectivity index (χ3n) is 5.11. The van der Waals surface area contributed by atoms with Gasteiger partial charge in [0.25, 0.3) is 0 Å². The SMILES string of the molecule is CCCCCCCCCCCCCC[C@@H](C)[C@@H](O)[C@H](CC)N=[N+]=[N-]. The summed E-state index contributed by atoms with van der Waals surface area (Å²) in [5.41, 5.74) is 8.53. The first-order valence-electron chi connectivity index (χ1n) is 10.4. The van der Waals surface area contributed by atoms with Crippen molar-refractivity contribution in [3.05, 3.63) is 10.4 Å². The Balaban J connectivity index is 3.47. The summed E-state index contributed by atoms with van der Waals surface area (Å²) < 4.78 is 0. The fourth-order valence-electron chi connectivity index (χ4n) is 3.32. The molecule has 0 aliphatic carbocycles. The first-order chi connectivity index (χ1) is 11.7. The maximum Gasteiger partial charge on any atom is 0.0650 e. The number of rotatable bonds is 17. The summed E-state index contributed by atoms with van der Waals surface area (Å²) in [7, 11) is 0. The van der Waals surface area contributed by atoms with E-state index in [2.05, 4.69) is 23.9 Å². The van der Waals surface area contributed by atoms with Crippen molar-refractivity contribution < 1.29 is 5.11 Å². The summed E-state index contributed by atoms with van der Waals surface area (Å²) in [5, 5.41) is 13.9. The number of hydrogen-bond donors (Lipinski definition) is 1. The molecule has 0 amide bonds. The van der Waals surface area contributed by atoms with Crippen molar-refractivity contribution in [3.63, 3.8) is 0 Å². The largest absolute Gasteiger partial charge is 0.392 e. The first kappa shape index (κ1) is 23.3. The molecule has 1 N–H and O–H groups in total. The van der Waals surface area contributed by atoms with Gasteiger partial charge in [0, 0.05) is 4.91 Å². The minimum atomic E-state index is -0.501. The Morgan fingerprint density at radius 2 is 1.29 bits per heavy atom. The summed E-state index contributed by atoms with van der Waals surface area (Å²) in [6, 6.07) is -0.276. The average Bonchev–Trinajstić information content (AvgIpc) is 2.59. The molecule has 0 aromatic rings. The number of hydrogen-bond acceptors (Lipinski definition) is 2. The Bertz CT molecular complexity index is 316. The fourth-order valence-corrected chi connectivity index (χ4v) is 3.32. The summed E-state index contributed by atoms with van der Waals surface area (Å²) in [6.07, 6.45) is 17.5. The standard InChI is InChI=1S/C20H41N3O/c1-4-6-7-8-9-10-11-12-13-14-15-16-17-18(3)20(24)19(5-2)22-23-21/h18-20,24H,4-17H2,1-3H3/t18-,19+,20-/m1/s1. The Morgan fingerprint density at radius 3 is 1.71 bits per heavy atom. The molecule has 4 heteroatoms. The Kier molecular flexibility index (Phi) is 16.6. The van der Waals surface area contributed by atoms with Gasteiger partial charge in [-0.05, 0) is 24.3 Å². The topological polar surface area (TPSA) is 69.0 Å². The van der Waals surface area contributed by atoms with Crippen LogP contribution in [0, 0.1) is 5.92 Å². The van der Waals surface area contributed by atoms with Crippen molar-refractivity contribution in [1.29, 1.82) is 0 Å². The molecule has 0 unspecified atom stereocenters. The van der Waals surface area contributed by atoms with E-state index in [1.807, 2.05) is 6.92 Å². The van der Waals surface area contributed by atoms with Crippen molar-refractivity contribution in [2.75, 3.05) is 0 Å². The van der Waals surface area contributed by atoms with Crippen LogP contribution in [-0.2, 0) is 0 Å². The highest BCUT2D eigenvalue weighted by Crippen LogP contribution is 2.20. The lowest BCUT2D eigenvalue weighted by Crippen LogP contribution is -2.30. The van der Waals surface area contributed by atoms with Gasteiger partial charge >= 0.3 is 0 Å². The van der Waals surface area contributed by atoms with E-state index in [0.29, 0.717) is 6.42 Å². The van der Waals surface area contributed by atoms with E-state index >= 15 is 0 Å². The van der Waals surface area contributed by atoms with E-state index < -0.39 is 6.10 Å². The molecular weight excluding hydrogens is 298 g/mol. The molecule has 0 radical (unpaired) electrons. The van der Waals surface area contributed by atoms with Crippen LogP contribution in [0.4, 0.5) is 0 Å². The van der Waals surface area contributed by atoms with Gasteiger partial charge in [0.2, 0.25) is 0 Å². The minimum Gasteiger partial charge on any atom is -0.392 e. The van der Waals surface area contributed by atoms with E-state index in [0.717, 1.165) is 6.42 Å². The minimum absolute atomic E-state index is 0.212. The highest BCUT2D eigenvalue weighted by molar-refractivity contribution is 4.79. The second kappa shape index (κ2) is 17.1. The van der Waals surface area contributed by atoms with Gasteiger partial charge in [-0.15, -0.1) is 0 Å². The maximum absolute atomic E-state index is 10.2. The number of unbranched alkanes of at least 4 members (excludes halogenated alkanes) is 11. The molecule has 0 aliphatic rings. The maximum atomic E-state index is 10.2. The number of aliphatic hydroxyl groups excluding tert-OH is 1. The monoisotopic (exact) mass is 339 g/mol. The Hall–Kier alpha value is -0.730. The molecule has 3 atom stereocenters. The molecule has 0 saturated heterocycles. The van der Waals surface area contributed by atoms with Gasteiger partial charge in [-0.2, -0.15) is 0 Å². The van der Waals surface area contributed by atoms with E-state index in [1.54, 1.807) is 0 Å². The van der Waals surface area contributed by atoms with Gasteiger partial charge in [-0.25, -0.2) is 0 Å². The van der Waals surface area contributed by atoms with Gasteiger partial charge < -0.3 is 5.11 Å². The van der Waals surface area contributed by atoms with Crippen LogP contribution in [0.2, 0.25) is 0 Å². The molecular formula is C20H41N3O. The number of aliphatic hydroxyl groups is 1. The summed E-state index contributed by atoms with van der Waals surface area (Å²) in [4.78, 5) is 2.84. The predicted molar refractivity (Wildman–Crippen MR) is 104 cm³/mol. The molecule has 0 aromatic carbocycles. The van der Waals surface area contributed by atoms with Gasteiger partial charge in [0.1, 0.15) is 0 Å². The summed E-state index contributed by atoms with van der Waals surface area (Å²) in [5.74, 6) is 0.212. The van der Waals surface area contributed by atoms with E-state index in [1.165, 1.54) is 77.0 Å². The first-order valence-corrected chi connectivity index (χ1v) is 10.4. The van der Waals surface area contributed by atoms with Gasteiger partial charge in [0.05, 0.1) is 12.1 Å². The molecule has 0 aliphatic heterocycles. The van der Waals surface area contributed by atoms with Crippen molar-refractivity contribution in [1.82, 2.24) is 0 Å². The van der Waals surface area contributed by atoms with Crippen LogP contribution in [0.25, 0.3) is 10.4 Å². The average molecular weight is 340 g/mol. The molecule has 0 fully saturated rings. The molecule has 142 valence electrons. The number of azide groups is 1. The van der Waals surface area contributed by atoms with E-state index in [4.69, 9.17) is 5.53 Å². The summed E-state index contributed by atoms with van der Waals surface area (Å²) >= 11 is 0. The second-order valence-electron chi connectivity index (χ2n) is 7.33. The normalized spacial score (nSPS) is 14.8. The van der Waals surface area contributed by atoms with E-state index in [-0.39, 0.29) is 12.0 Å². The Morgan fingerprint density at radius 1 is 0.833 bits per heavy atom. The van der Waals surface area contributed by atoms with Gasteiger partial charge in [0.15, 0.2) is 0 Å². The third-order valence-corrected chi connectivity index (χ3v) is 5.11. The van der Waals surface area contributed by atoms with Gasteiger partial charge in [-0.1, -0.05) is 103 Å². The predicted octanol–water partition coefficient (Wildman–Crippen LogP) is 7.16. The molecule has 0 saturated carbocycles. The Labute approximate surface area is 150 Å². The molecule has 0 rings (SSSR count). The van der Waals surface area contributed by atoms with Crippen LogP contribution in [0.5, 0.6) is 0 Å². The van der Waals surface area contributed by atoms with Crippen LogP contribution < -0.4 is 0 Å². The lowest BCUT2D eigenvalue weighted by molar-refractivity contribution is 0.0831. The zero-order chi connectivity index (χ0) is 18.0. The molecule has 4 nitrogen and oxygen atoms in total. The van der Waals surface area contributed by atoms with Crippen molar-refractivity contribution in [3.8, 4) is 0 Å². The fraction of sp³-hybridized carbons (Fsp3) is 1.00. The lowest BCUT2D eigenvalue weighted by atomic mass is 9.91. The third kappa shape index (κ3) is 12.7. The van der Waals surface area contributed by atoms with Crippen LogP contribution in [0.1, 0.15) is 111 Å². The smallest absolute Gasteiger partial charge is 0.0650 e. The quantitative estimate of drug-likeness (QED) is 0.130. The lowest BCUT2D eigenvalue weighted by Gasteiger charge is -2.23. The number of nitrogens with zero attached hydrogens (tertiary/aromatic N) is 3. The molecule has 24 heavy (non-hydrogen) atoms. The van der Waals surface area contributed by atoms with Crippen LogP contribution >= 0.6 is 0 Å². The second-order valence-corrected chi connectivity index (χ2v) is 7.33. The highest BCUT2D eigenvalue weighted by Gasteiger charge is 2.21. The van der Waals surface area contributed by atoms with Crippen LogP contribution in [0.3, 0.4) is 0 Å². The molecule has 0 spiro atoms. The summed E-state index contributed by atoms with van der Waals surface area (Å²) in [6.45, 7) is 6.29. The van der Waals surface area contributed by atoms with Crippen molar-refractivity contribution in [2.45, 2.75) is 123 Å². The van der Waals surface area contributed by atoms with Crippen molar-refractivity contribution >= 4 is 0 Å². The zero-order valence-corrected chi connectivity index (χ0v) is 16.4. The molecule has 0 heterocycles. The van der Waals surface area contributed by atoms with Gasteiger partial charge in [-0.3, -0.25) is 0 Å². The van der Waals surface area contributed by atoms with Crippen molar-refractivity contribution in [2.24, 2.45) is 11.0 Å². The van der Waals surface area contributed by atoms with E-state index in [9.17, 15) is 5.11 Å². The zero-order valence-electron chi connectivity index (χ0n) is 16.4. The van der Waals surface area contributed by atoms with Crippen LogP contribution in [0.15, 0.2) is 5.11 Å². The molecule has 0 bridgehead atoms. The van der Waals surface area contributed by atoms with Crippen LogP contribution in [-0.4, -0.2) is 17.3 Å².